The molecule has 0 atom stereocenters. The zero-order valence-corrected chi connectivity index (χ0v) is 22.9. The highest BCUT2D eigenvalue weighted by Gasteiger charge is 2.29. The molecular weight excluding hydrogens is 452 g/mol. The number of aromatic nitrogens is 1. The fraction of sp³-hybridized carbons (Fsp3) is 0.367. The second-order valence-corrected chi connectivity index (χ2v) is 12.4. The van der Waals surface area contributed by atoms with Crippen molar-refractivity contribution < 1.29 is 4.57 Å². The lowest BCUT2D eigenvalue weighted by Crippen LogP contribution is -2.33. The highest BCUT2D eigenvalue weighted by molar-refractivity contribution is 8.03. The van der Waals surface area contributed by atoms with E-state index in [1.54, 1.807) is 0 Å². The van der Waals surface area contributed by atoms with Gasteiger partial charge in [-0.1, -0.05) is 67.3 Å². The number of thioether (sulfide) groups is 1. The molecule has 3 aromatic rings. The van der Waals surface area contributed by atoms with Crippen LogP contribution >= 0.6 is 23.1 Å². The van der Waals surface area contributed by atoms with Crippen LogP contribution < -0.4 is 9.47 Å². The number of nitrogens with zero attached hydrogens (tertiary/aromatic N) is 2. The van der Waals surface area contributed by atoms with E-state index < -0.39 is 0 Å². The van der Waals surface area contributed by atoms with Gasteiger partial charge < -0.3 is 4.90 Å². The summed E-state index contributed by atoms with van der Waals surface area (Å²) < 4.78 is 3.88. The van der Waals surface area contributed by atoms with Crippen LogP contribution in [-0.4, -0.2) is 6.54 Å². The first kappa shape index (κ1) is 23.4. The second-order valence-electron chi connectivity index (χ2n) is 10.3. The number of allylic oxidation sites excluding steroid dienone is 4. The van der Waals surface area contributed by atoms with Crippen LogP contribution in [0.1, 0.15) is 56.7 Å². The van der Waals surface area contributed by atoms with Crippen molar-refractivity contribution in [1.29, 1.82) is 0 Å². The fourth-order valence-corrected chi connectivity index (χ4v) is 7.94. The summed E-state index contributed by atoms with van der Waals surface area (Å²) in [6.45, 7) is 15.8. The zero-order valence-electron chi connectivity index (χ0n) is 21.2. The summed E-state index contributed by atoms with van der Waals surface area (Å²) >= 11 is 3.86. The molecule has 0 unspecified atom stereocenters. The van der Waals surface area contributed by atoms with Gasteiger partial charge in [0.1, 0.15) is 11.2 Å². The molecule has 2 heterocycles. The largest absolute Gasteiger partial charge is 0.335 e. The molecule has 1 aromatic heterocycles. The Morgan fingerprint density at radius 1 is 1.00 bits per heavy atom. The smallest absolute Gasteiger partial charge is 0.263 e. The Bertz CT molecular complexity index is 1350. The van der Waals surface area contributed by atoms with Crippen molar-refractivity contribution in [1.82, 2.24) is 0 Å². The minimum Gasteiger partial charge on any atom is -0.335 e. The lowest BCUT2D eigenvalue weighted by atomic mass is 9.75. The normalized spacial score (nSPS) is 19.8. The van der Waals surface area contributed by atoms with Crippen LogP contribution in [0.3, 0.4) is 0 Å². The van der Waals surface area contributed by atoms with Gasteiger partial charge in [0, 0.05) is 23.6 Å². The predicted octanol–water partition coefficient (Wildman–Crippen LogP) is 8.43. The molecule has 0 N–H and O–H groups in total. The molecule has 1 aliphatic carbocycles. The molecular formula is C30H35N2S2+. The third-order valence-corrected chi connectivity index (χ3v) is 9.46. The highest BCUT2D eigenvalue weighted by Crippen LogP contribution is 2.49. The highest BCUT2D eigenvalue weighted by atomic mass is 32.2. The molecule has 2 aromatic carbocycles. The van der Waals surface area contributed by atoms with Crippen molar-refractivity contribution in [3.8, 4) is 0 Å². The first-order chi connectivity index (χ1) is 16.3. The van der Waals surface area contributed by atoms with E-state index in [9.17, 15) is 0 Å². The Kier molecular flexibility index (Phi) is 6.24. The molecule has 176 valence electrons. The van der Waals surface area contributed by atoms with E-state index in [4.69, 9.17) is 0 Å². The summed E-state index contributed by atoms with van der Waals surface area (Å²) in [7, 11) is 0. The van der Waals surface area contributed by atoms with Gasteiger partial charge in [-0.25, -0.2) is 0 Å². The van der Waals surface area contributed by atoms with Gasteiger partial charge in [0.05, 0.1) is 10.7 Å². The summed E-state index contributed by atoms with van der Waals surface area (Å²) in [5, 5.41) is 2.72. The summed E-state index contributed by atoms with van der Waals surface area (Å²) in [5.41, 5.74) is 8.58. The topological polar surface area (TPSA) is 7.12 Å². The molecule has 0 radical (unpaired) electrons. The van der Waals surface area contributed by atoms with Gasteiger partial charge in [-0.05, 0) is 80.4 Å². The van der Waals surface area contributed by atoms with Crippen LogP contribution in [0, 0.1) is 19.3 Å². The average Bonchev–Trinajstić information content (AvgIpc) is 3.31. The molecule has 0 fully saturated rings. The minimum atomic E-state index is 0.250. The van der Waals surface area contributed by atoms with Gasteiger partial charge in [0.25, 0.3) is 5.01 Å². The summed E-state index contributed by atoms with van der Waals surface area (Å²) in [6, 6.07) is 13.3. The van der Waals surface area contributed by atoms with Crippen LogP contribution in [0.2, 0.25) is 0 Å². The van der Waals surface area contributed by atoms with E-state index in [0.717, 1.165) is 25.9 Å². The summed E-state index contributed by atoms with van der Waals surface area (Å²) in [5.74, 6) is 0. The Balaban J connectivity index is 1.56. The van der Waals surface area contributed by atoms with Crippen LogP contribution in [0.5, 0.6) is 0 Å². The Morgan fingerprint density at radius 3 is 2.53 bits per heavy atom. The van der Waals surface area contributed by atoms with E-state index >= 15 is 0 Å². The summed E-state index contributed by atoms with van der Waals surface area (Å²) in [6.07, 6.45) is 9.58. The number of hydrogen-bond donors (Lipinski definition) is 0. The molecule has 4 heteroatoms. The molecule has 0 saturated heterocycles. The lowest BCUT2D eigenvalue weighted by molar-refractivity contribution is -0.665. The number of fused-ring (bicyclic) bond motifs is 2. The Hall–Kier alpha value is -2.30. The molecule has 0 saturated carbocycles. The molecule has 2 nitrogen and oxygen atoms in total. The average molecular weight is 488 g/mol. The Labute approximate surface area is 212 Å². The lowest BCUT2D eigenvalue weighted by Gasteiger charge is -2.31. The fourth-order valence-electron chi connectivity index (χ4n) is 5.40. The van der Waals surface area contributed by atoms with Gasteiger partial charge in [-0.15, -0.1) is 0 Å². The monoisotopic (exact) mass is 487 g/mol. The van der Waals surface area contributed by atoms with Crippen LogP contribution in [-0.2, 0) is 6.54 Å². The number of aryl methyl sites for hydroxylation is 3. The molecule has 0 spiro atoms. The zero-order chi connectivity index (χ0) is 24.0. The molecule has 2 aliphatic rings. The van der Waals surface area contributed by atoms with Gasteiger partial charge in [0.15, 0.2) is 0 Å². The molecule has 1 aliphatic heterocycles. The van der Waals surface area contributed by atoms with Gasteiger partial charge in [-0.3, -0.25) is 0 Å². The van der Waals surface area contributed by atoms with Crippen LogP contribution in [0.4, 0.5) is 5.69 Å². The Morgan fingerprint density at radius 2 is 1.76 bits per heavy atom. The van der Waals surface area contributed by atoms with Gasteiger partial charge >= 0.3 is 0 Å². The van der Waals surface area contributed by atoms with E-state index in [1.807, 2.05) is 23.1 Å². The van der Waals surface area contributed by atoms with Crippen LogP contribution in [0.25, 0.3) is 16.3 Å². The van der Waals surface area contributed by atoms with Crippen molar-refractivity contribution in [2.75, 3.05) is 11.4 Å². The molecule has 5 rings (SSSR count). The predicted molar refractivity (Wildman–Crippen MR) is 150 cm³/mol. The number of anilines is 1. The number of rotatable bonds is 4. The van der Waals surface area contributed by atoms with Crippen molar-refractivity contribution >= 4 is 45.1 Å². The number of thiazole rings is 1. The van der Waals surface area contributed by atoms with E-state index in [0.29, 0.717) is 0 Å². The maximum absolute atomic E-state index is 2.47. The van der Waals surface area contributed by atoms with Crippen molar-refractivity contribution in [3.05, 3.63) is 80.9 Å². The quantitative estimate of drug-likeness (QED) is 0.341. The van der Waals surface area contributed by atoms with Crippen molar-refractivity contribution in [3.63, 3.8) is 0 Å². The minimum absolute atomic E-state index is 0.250. The van der Waals surface area contributed by atoms with Crippen molar-refractivity contribution in [2.24, 2.45) is 5.41 Å². The van der Waals surface area contributed by atoms with Gasteiger partial charge in [0.2, 0.25) is 5.52 Å². The van der Waals surface area contributed by atoms with E-state index in [1.165, 1.54) is 53.1 Å². The first-order valence-electron chi connectivity index (χ1n) is 12.4. The first-order valence-corrected chi connectivity index (χ1v) is 14.0. The maximum atomic E-state index is 2.47. The van der Waals surface area contributed by atoms with Crippen molar-refractivity contribution in [2.45, 2.75) is 65.8 Å². The molecule has 34 heavy (non-hydrogen) atoms. The number of benzene rings is 2. The van der Waals surface area contributed by atoms with E-state index in [-0.39, 0.29) is 5.41 Å². The third kappa shape index (κ3) is 4.27. The van der Waals surface area contributed by atoms with E-state index in [2.05, 4.69) is 106 Å². The van der Waals surface area contributed by atoms with Gasteiger partial charge in [-0.2, -0.15) is 4.57 Å². The SMILES string of the molecule is CCN1/C(=C/C2=CC(=C/c3sc4c(C)cccc4[n+]3CC)/CC(C)(C)C2)Sc2c(C)cccc21. The second kappa shape index (κ2) is 9.05. The standard InChI is InChI=1S/C30H35N2S2/c1-7-31-24-13-9-11-20(3)28(24)33-26(31)16-22-15-23(19-30(5,6)18-22)17-27-32(8-2)25-14-10-12-21(4)29(25)34-27/h9-17H,7-8,18-19H2,1-6H3/q+1. The summed E-state index contributed by atoms with van der Waals surface area (Å²) in [4.78, 5) is 3.88. The number of hydrogen-bond acceptors (Lipinski definition) is 3. The third-order valence-electron chi connectivity index (χ3n) is 6.90. The molecule has 0 amide bonds. The maximum Gasteiger partial charge on any atom is 0.263 e. The van der Waals surface area contributed by atoms with Crippen LogP contribution in [0.15, 0.2) is 69.6 Å². The molecule has 0 bridgehead atoms.